The lowest BCUT2D eigenvalue weighted by molar-refractivity contribution is -0.122. The highest BCUT2D eigenvalue weighted by atomic mass is 35.5. The van der Waals surface area contributed by atoms with Crippen LogP contribution in [0.25, 0.3) is 0 Å². The number of rotatable bonds is 2. The zero-order valence-electron chi connectivity index (χ0n) is 11.3. The molecule has 0 radical (unpaired) electrons. The number of hydrogen-bond donors (Lipinski definition) is 3. The second-order valence-electron chi connectivity index (χ2n) is 4.67. The van der Waals surface area contributed by atoms with Crippen molar-refractivity contribution in [2.45, 2.75) is 18.9 Å². The SMILES string of the molecule is O=C1CCC(NC(=O)c2ccc(C#CCO)c(Cl)c2)CN1. The maximum Gasteiger partial charge on any atom is 0.251 e. The number of carbonyl (C=O) groups is 2. The summed E-state index contributed by atoms with van der Waals surface area (Å²) >= 11 is 6.05. The summed E-state index contributed by atoms with van der Waals surface area (Å²) in [6, 6.07) is 4.74. The Hall–Kier alpha value is -2.03. The van der Waals surface area contributed by atoms with Crippen LogP contribution in [0.5, 0.6) is 0 Å². The molecule has 110 valence electrons. The minimum atomic E-state index is -0.244. The molecule has 1 fully saturated rings. The van der Waals surface area contributed by atoms with Crippen molar-refractivity contribution in [2.75, 3.05) is 13.2 Å². The number of nitrogens with one attached hydrogen (secondary N) is 2. The van der Waals surface area contributed by atoms with Crippen LogP contribution < -0.4 is 10.6 Å². The Balaban J connectivity index is 2.02. The molecule has 1 aromatic rings. The highest BCUT2D eigenvalue weighted by Crippen LogP contribution is 2.17. The number of benzene rings is 1. The van der Waals surface area contributed by atoms with Gasteiger partial charge in [-0.05, 0) is 24.6 Å². The molecular weight excluding hydrogens is 292 g/mol. The van der Waals surface area contributed by atoms with Crippen molar-refractivity contribution >= 4 is 23.4 Å². The van der Waals surface area contributed by atoms with Crippen LogP contribution in [-0.2, 0) is 4.79 Å². The molecule has 2 amide bonds. The van der Waals surface area contributed by atoms with Crippen LogP contribution in [0.1, 0.15) is 28.8 Å². The lowest BCUT2D eigenvalue weighted by atomic mass is 10.1. The Morgan fingerprint density at radius 1 is 1.52 bits per heavy atom. The average Bonchev–Trinajstić information content (AvgIpc) is 2.48. The summed E-state index contributed by atoms with van der Waals surface area (Å²) in [4.78, 5) is 23.2. The lowest BCUT2D eigenvalue weighted by Crippen LogP contribution is -2.47. The van der Waals surface area contributed by atoms with Crippen molar-refractivity contribution in [1.29, 1.82) is 0 Å². The molecule has 0 bridgehead atoms. The molecule has 1 heterocycles. The smallest absolute Gasteiger partial charge is 0.251 e. The van der Waals surface area contributed by atoms with Gasteiger partial charge < -0.3 is 15.7 Å². The third kappa shape index (κ3) is 4.22. The minimum absolute atomic E-state index is 0.00959. The van der Waals surface area contributed by atoms with E-state index in [-0.39, 0.29) is 24.5 Å². The molecular formula is C15H15ClN2O3. The van der Waals surface area contributed by atoms with Crippen LogP contribution in [0.4, 0.5) is 0 Å². The highest BCUT2D eigenvalue weighted by Gasteiger charge is 2.20. The summed E-state index contributed by atoms with van der Waals surface area (Å²) < 4.78 is 0. The van der Waals surface area contributed by atoms with Crippen molar-refractivity contribution < 1.29 is 14.7 Å². The van der Waals surface area contributed by atoms with Gasteiger partial charge in [-0.1, -0.05) is 23.4 Å². The van der Waals surface area contributed by atoms with Crippen molar-refractivity contribution in [3.05, 3.63) is 34.3 Å². The molecule has 1 atom stereocenters. The first kappa shape index (κ1) is 15.4. The standard InChI is InChI=1S/C15H15ClN2O3/c16-13-8-11(4-3-10(13)2-1-7-19)15(21)18-12-5-6-14(20)17-9-12/h3-4,8,12,19H,5-7,9H2,(H,17,20)(H,18,21). The molecule has 3 N–H and O–H groups in total. The predicted molar refractivity (Wildman–Crippen MR) is 78.9 cm³/mol. The summed E-state index contributed by atoms with van der Waals surface area (Å²) in [5, 5.41) is 14.6. The summed E-state index contributed by atoms with van der Waals surface area (Å²) in [6.07, 6.45) is 1.05. The van der Waals surface area contributed by atoms with Crippen LogP contribution in [-0.4, -0.2) is 36.1 Å². The zero-order chi connectivity index (χ0) is 15.2. The quantitative estimate of drug-likeness (QED) is 0.704. The minimum Gasteiger partial charge on any atom is -0.384 e. The van der Waals surface area contributed by atoms with E-state index in [2.05, 4.69) is 22.5 Å². The van der Waals surface area contributed by atoms with E-state index in [4.69, 9.17) is 16.7 Å². The van der Waals surface area contributed by atoms with E-state index in [9.17, 15) is 9.59 Å². The first-order valence-corrected chi connectivity index (χ1v) is 6.95. The van der Waals surface area contributed by atoms with Crippen molar-refractivity contribution in [2.24, 2.45) is 0 Å². The fourth-order valence-corrected chi connectivity index (χ4v) is 2.25. The molecule has 0 spiro atoms. The van der Waals surface area contributed by atoms with E-state index in [1.807, 2.05) is 0 Å². The number of aliphatic hydroxyl groups is 1. The van der Waals surface area contributed by atoms with Gasteiger partial charge in [-0.15, -0.1) is 0 Å². The Bertz CT molecular complexity index is 609. The van der Waals surface area contributed by atoms with Gasteiger partial charge in [0.2, 0.25) is 5.91 Å². The number of aliphatic hydroxyl groups excluding tert-OH is 1. The number of carbonyl (C=O) groups excluding carboxylic acids is 2. The van der Waals surface area contributed by atoms with Gasteiger partial charge >= 0.3 is 0 Å². The summed E-state index contributed by atoms with van der Waals surface area (Å²) in [6.45, 7) is 0.199. The zero-order valence-corrected chi connectivity index (χ0v) is 12.0. The van der Waals surface area contributed by atoms with E-state index < -0.39 is 0 Å². The summed E-state index contributed by atoms with van der Waals surface area (Å²) in [5.74, 6) is 4.98. The molecule has 1 aromatic carbocycles. The van der Waals surface area contributed by atoms with Gasteiger partial charge in [-0.3, -0.25) is 9.59 Å². The van der Waals surface area contributed by atoms with E-state index in [1.54, 1.807) is 18.2 Å². The highest BCUT2D eigenvalue weighted by molar-refractivity contribution is 6.32. The van der Waals surface area contributed by atoms with Crippen LogP contribution in [0.15, 0.2) is 18.2 Å². The first-order chi connectivity index (χ1) is 10.1. The lowest BCUT2D eigenvalue weighted by Gasteiger charge is -2.23. The fourth-order valence-electron chi connectivity index (χ4n) is 2.02. The number of amides is 2. The van der Waals surface area contributed by atoms with Gasteiger partial charge in [0.1, 0.15) is 6.61 Å². The molecule has 1 aliphatic rings. The first-order valence-electron chi connectivity index (χ1n) is 6.57. The molecule has 2 rings (SSSR count). The van der Waals surface area contributed by atoms with E-state index >= 15 is 0 Å². The topological polar surface area (TPSA) is 78.4 Å². The Morgan fingerprint density at radius 2 is 2.33 bits per heavy atom. The van der Waals surface area contributed by atoms with Crippen molar-refractivity contribution in [3.63, 3.8) is 0 Å². The van der Waals surface area contributed by atoms with Crippen LogP contribution in [0.2, 0.25) is 5.02 Å². The Labute approximate surface area is 127 Å². The molecule has 6 heteroatoms. The number of piperidine rings is 1. The average molecular weight is 307 g/mol. The molecule has 21 heavy (non-hydrogen) atoms. The molecule has 0 aromatic heterocycles. The molecule has 0 saturated carbocycles. The number of halogens is 1. The monoisotopic (exact) mass is 306 g/mol. The molecule has 0 aliphatic carbocycles. The Morgan fingerprint density at radius 3 is 2.95 bits per heavy atom. The second kappa shape index (κ2) is 7.11. The van der Waals surface area contributed by atoms with Crippen molar-refractivity contribution in [1.82, 2.24) is 10.6 Å². The van der Waals surface area contributed by atoms with Gasteiger partial charge in [0.15, 0.2) is 0 Å². The number of hydrogen-bond acceptors (Lipinski definition) is 3. The molecule has 1 aliphatic heterocycles. The van der Waals surface area contributed by atoms with Gasteiger partial charge in [-0.25, -0.2) is 0 Å². The fraction of sp³-hybridized carbons (Fsp3) is 0.333. The summed E-state index contributed by atoms with van der Waals surface area (Å²) in [5.41, 5.74) is 0.999. The van der Waals surface area contributed by atoms with Crippen LogP contribution in [0.3, 0.4) is 0 Å². The molecule has 1 unspecified atom stereocenters. The maximum atomic E-state index is 12.1. The van der Waals surface area contributed by atoms with E-state index in [0.717, 1.165) is 0 Å². The van der Waals surface area contributed by atoms with Crippen molar-refractivity contribution in [3.8, 4) is 11.8 Å². The van der Waals surface area contributed by atoms with Crippen LogP contribution >= 0.6 is 11.6 Å². The largest absolute Gasteiger partial charge is 0.384 e. The van der Waals surface area contributed by atoms with Gasteiger partial charge in [0.05, 0.1) is 5.02 Å². The van der Waals surface area contributed by atoms with Crippen LogP contribution in [0, 0.1) is 11.8 Å². The van der Waals surface area contributed by atoms with Gasteiger partial charge in [-0.2, -0.15) is 0 Å². The van der Waals surface area contributed by atoms with E-state index in [0.29, 0.717) is 35.5 Å². The predicted octanol–water partition coefficient (Wildman–Crippen LogP) is 0.692. The van der Waals surface area contributed by atoms with Gasteiger partial charge in [0, 0.05) is 30.1 Å². The van der Waals surface area contributed by atoms with E-state index in [1.165, 1.54) is 0 Å². The normalized spacial score (nSPS) is 17.4. The summed E-state index contributed by atoms with van der Waals surface area (Å²) in [7, 11) is 0. The van der Waals surface area contributed by atoms with Gasteiger partial charge in [0.25, 0.3) is 5.91 Å². The third-order valence-corrected chi connectivity index (χ3v) is 3.45. The molecule has 5 nitrogen and oxygen atoms in total. The second-order valence-corrected chi connectivity index (χ2v) is 5.07. The maximum absolute atomic E-state index is 12.1. The third-order valence-electron chi connectivity index (χ3n) is 3.13. The Kier molecular flexibility index (Phi) is 5.20. The molecule has 1 saturated heterocycles.